The van der Waals surface area contributed by atoms with Crippen molar-refractivity contribution in [1.29, 1.82) is 0 Å². The van der Waals surface area contributed by atoms with Gasteiger partial charge in [-0.25, -0.2) is 4.79 Å². The van der Waals surface area contributed by atoms with Gasteiger partial charge in [-0.1, -0.05) is 66.2 Å². The molecule has 0 bridgehead atoms. The summed E-state index contributed by atoms with van der Waals surface area (Å²) in [5.41, 5.74) is 3.95. The van der Waals surface area contributed by atoms with Crippen LogP contribution in [-0.4, -0.2) is 24.7 Å². The van der Waals surface area contributed by atoms with E-state index in [1.54, 1.807) is 6.08 Å². The first-order valence-electron chi connectivity index (χ1n) is 10.4. The predicted octanol–water partition coefficient (Wildman–Crippen LogP) is 4.86. The molecule has 28 heavy (non-hydrogen) atoms. The van der Waals surface area contributed by atoms with Crippen molar-refractivity contribution in [3.63, 3.8) is 0 Å². The number of rotatable bonds is 8. The van der Waals surface area contributed by atoms with Crippen LogP contribution >= 0.6 is 0 Å². The van der Waals surface area contributed by atoms with Gasteiger partial charge in [0, 0.05) is 18.2 Å². The van der Waals surface area contributed by atoms with Crippen molar-refractivity contribution in [3.8, 4) is 0 Å². The molecule has 1 N–H and O–H groups in total. The van der Waals surface area contributed by atoms with Crippen LogP contribution in [0.15, 0.2) is 72.3 Å². The Balaban J connectivity index is 1.62. The molecule has 0 radical (unpaired) electrons. The van der Waals surface area contributed by atoms with Crippen molar-refractivity contribution < 1.29 is 9.53 Å². The van der Waals surface area contributed by atoms with Crippen LogP contribution in [0.4, 0.5) is 0 Å². The van der Waals surface area contributed by atoms with Crippen molar-refractivity contribution in [2.24, 2.45) is 0 Å². The molecule has 0 aromatic heterocycles. The van der Waals surface area contributed by atoms with Crippen LogP contribution in [-0.2, 0) is 22.4 Å². The van der Waals surface area contributed by atoms with Crippen LogP contribution in [0, 0.1) is 0 Å². The lowest BCUT2D eigenvalue weighted by Gasteiger charge is -2.33. The summed E-state index contributed by atoms with van der Waals surface area (Å²) in [6.45, 7) is 2.28. The molecule has 0 unspecified atom stereocenters. The molecule has 3 rings (SSSR count). The molecule has 0 saturated carbocycles. The first-order chi connectivity index (χ1) is 13.7. The highest BCUT2D eigenvalue weighted by atomic mass is 16.5. The molecule has 0 amide bonds. The Kier molecular flexibility index (Phi) is 7.86. The minimum Gasteiger partial charge on any atom is -0.463 e. The Hall–Kier alpha value is -2.39. The molecule has 1 saturated heterocycles. The van der Waals surface area contributed by atoms with Gasteiger partial charge in [-0.2, -0.15) is 0 Å². The lowest BCUT2D eigenvalue weighted by Crippen LogP contribution is -2.43. The first kappa shape index (κ1) is 20.3. The third-order valence-electron chi connectivity index (χ3n) is 5.35. The molecule has 3 nitrogen and oxygen atoms in total. The van der Waals surface area contributed by atoms with E-state index in [2.05, 4.69) is 66.0 Å². The number of carbonyl (C=O) groups is 1. The van der Waals surface area contributed by atoms with E-state index in [4.69, 9.17) is 4.74 Å². The Morgan fingerprint density at radius 1 is 0.929 bits per heavy atom. The average Bonchev–Trinajstić information content (AvgIpc) is 2.72. The maximum atomic E-state index is 12.0. The van der Waals surface area contributed by atoms with Gasteiger partial charge in [-0.15, -0.1) is 0 Å². The number of hydrogen-bond acceptors (Lipinski definition) is 3. The normalized spacial score (nSPS) is 20.8. The summed E-state index contributed by atoms with van der Waals surface area (Å²) in [5.74, 6) is -0.206. The summed E-state index contributed by atoms with van der Waals surface area (Å²) in [4.78, 5) is 12.0. The molecule has 2 aromatic rings. The van der Waals surface area contributed by atoms with Gasteiger partial charge >= 0.3 is 5.97 Å². The van der Waals surface area contributed by atoms with E-state index in [1.165, 1.54) is 16.7 Å². The smallest absolute Gasteiger partial charge is 0.330 e. The number of piperidine rings is 1. The second-order valence-corrected chi connectivity index (χ2v) is 7.57. The van der Waals surface area contributed by atoms with Crippen molar-refractivity contribution in [3.05, 3.63) is 83.4 Å². The molecule has 0 spiro atoms. The largest absolute Gasteiger partial charge is 0.463 e. The molecule has 2 aromatic carbocycles. The second-order valence-electron chi connectivity index (χ2n) is 7.57. The van der Waals surface area contributed by atoms with Crippen molar-refractivity contribution in [2.45, 2.75) is 57.5 Å². The summed E-state index contributed by atoms with van der Waals surface area (Å²) in [7, 11) is 0. The molecule has 1 fully saturated rings. The fourth-order valence-electron chi connectivity index (χ4n) is 3.98. The van der Waals surface area contributed by atoms with Crippen LogP contribution in [0.5, 0.6) is 0 Å². The van der Waals surface area contributed by atoms with Gasteiger partial charge in [0.05, 0.1) is 6.61 Å². The van der Waals surface area contributed by atoms with Gasteiger partial charge in [0.1, 0.15) is 0 Å². The van der Waals surface area contributed by atoms with E-state index in [-0.39, 0.29) is 5.97 Å². The molecule has 1 aliphatic heterocycles. The highest BCUT2D eigenvalue weighted by Crippen LogP contribution is 2.25. The SMILES string of the molecule is CCOC(=O)C=C1C[C@@H](CCc2ccccc2)N[C@@H](CCc2ccccc2)C1. The number of ether oxygens (including phenoxy) is 1. The first-order valence-corrected chi connectivity index (χ1v) is 10.4. The highest BCUT2D eigenvalue weighted by Gasteiger charge is 2.24. The number of benzene rings is 2. The number of hydrogen-bond donors (Lipinski definition) is 1. The summed E-state index contributed by atoms with van der Waals surface area (Å²) in [5, 5.41) is 3.84. The van der Waals surface area contributed by atoms with E-state index in [1.807, 2.05) is 6.92 Å². The quantitative estimate of drug-likeness (QED) is 0.527. The second kappa shape index (κ2) is 10.8. The molecule has 1 aliphatic rings. The van der Waals surface area contributed by atoms with E-state index < -0.39 is 0 Å². The molecular formula is C25H31NO2. The zero-order chi connectivity index (χ0) is 19.6. The zero-order valence-corrected chi connectivity index (χ0v) is 16.8. The zero-order valence-electron chi connectivity index (χ0n) is 16.8. The highest BCUT2D eigenvalue weighted by molar-refractivity contribution is 5.82. The lowest BCUT2D eigenvalue weighted by molar-refractivity contribution is -0.137. The lowest BCUT2D eigenvalue weighted by atomic mass is 9.87. The van der Waals surface area contributed by atoms with E-state index >= 15 is 0 Å². The van der Waals surface area contributed by atoms with E-state index in [0.29, 0.717) is 18.7 Å². The Morgan fingerprint density at radius 3 is 1.89 bits per heavy atom. The third-order valence-corrected chi connectivity index (χ3v) is 5.35. The molecular weight excluding hydrogens is 346 g/mol. The topological polar surface area (TPSA) is 38.3 Å². The minimum absolute atomic E-state index is 0.206. The predicted molar refractivity (Wildman–Crippen MR) is 114 cm³/mol. The molecule has 1 heterocycles. The summed E-state index contributed by atoms with van der Waals surface area (Å²) in [6.07, 6.45) is 7.83. The standard InChI is InChI=1S/C25H31NO2/c1-2-28-25(27)19-22-17-23(15-13-20-9-5-3-6-10-20)26-24(18-22)16-14-21-11-7-4-8-12-21/h3-12,19,23-24,26H,2,13-18H2,1H3/t23-,24+. The van der Waals surface area contributed by atoms with Crippen LogP contribution in [0.25, 0.3) is 0 Å². The van der Waals surface area contributed by atoms with Gasteiger partial charge in [0.2, 0.25) is 0 Å². The maximum Gasteiger partial charge on any atom is 0.330 e. The Labute approximate surface area is 168 Å². The van der Waals surface area contributed by atoms with Crippen LogP contribution in [0.1, 0.15) is 43.7 Å². The van der Waals surface area contributed by atoms with Crippen molar-refractivity contribution >= 4 is 5.97 Å². The van der Waals surface area contributed by atoms with Gasteiger partial charge in [0.15, 0.2) is 0 Å². The van der Waals surface area contributed by atoms with Crippen LogP contribution < -0.4 is 5.32 Å². The summed E-state index contributed by atoms with van der Waals surface area (Å²) in [6, 6.07) is 22.0. The summed E-state index contributed by atoms with van der Waals surface area (Å²) >= 11 is 0. The van der Waals surface area contributed by atoms with Gasteiger partial charge in [-0.3, -0.25) is 0 Å². The Bertz CT molecular complexity index is 701. The fraction of sp³-hybridized carbons (Fsp3) is 0.400. The monoisotopic (exact) mass is 377 g/mol. The third kappa shape index (κ3) is 6.65. The molecule has 0 aliphatic carbocycles. The number of aryl methyl sites for hydroxylation is 2. The van der Waals surface area contributed by atoms with Crippen LogP contribution in [0.3, 0.4) is 0 Å². The van der Waals surface area contributed by atoms with E-state index in [9.17, 15) is 4.79 Å². The number of nitrogens with one attached hydrogen (secondary N) is 1. The van der Waals surface area contributed by atoms with Gasteiger partial charge in [-0.05, 0) is 56.6 Å². The average molecular weight is 378 g/mol. The molecule has 2 atom stereocenters. The molecule has 148 valence electrons. The maximum absolute atomic E-state index is 12.0. The van der Waals surface area contributed by atoms with Crippen LogP contribution in [0.2, 0.25) is 0 Å². The fourth-order valence-corrected chi connectivity index (χ4v) is 3.98. The van der Waals surface area contributed by atoms with Gasteiger partial charge in [0.25, 0.3) is 0 Å². The Morgan fingerprint density at radius 2 is 1.43 bits per heavy atom. The minimum atomic E-state index is -0.206. The van der Waals surface area contributed by atoms with Crippen molar-refractivity contribution in [2.75, 3.05) is 6.61 Å². The van der Waals surface area contributed by atoms with Gasteiger partial charge < -0.3 is 10.1 Å². The molecule has 3 heteroatoms. The van der Waals surface area contributed by atoms with E-state index in [0.717, 1.165) is 38.5 Å². The van der Waals surface area contributed by atoms with Crippen molar-refractivity contribution in [1.82, 2.24) is 5.32 Å². The number of carbonyl (C=O) groups excluding carboxylic acids is 1. The summed E-state index contributed by atoms with van der Waals surface area (Å²) < 4.78 is 5.14. The number of esters is 1.